The third kappa shape index (κ3) is 1.69. The van der Waals surface area contributed by atoms with Crippen LogP contribution in [0.5, 0.6) is 0 Å². The van der Waals surface area contributed by atoms with Crippen LogP contribution in [0.2, 0.25) is 0 Å². The second-order valence-corrected chi connectivity index (χ2v) is 3.70. The summed E-state index contributed by atoms with van der Waals surface area (Å²) in [5.41, 5.74) is 2.47. The van der Waals surface area contributed by atoms with Gasteiger partial charge in [-0.25, -0.2) is 4.68 Å². The summed E-state index contributed by atoms with van der Waals surface area (Å²) in [6.07, 6.45) is 3.75. The molecular weight excluding hydrogens is 172 g/mol. The molecule has 0 fully saturated rings. The quantitative estimate of drug-likeness (QED) is 0.705. The molecule has 0 spiro atoms. The van der Waals surface area contributed by atoms with Crippen LogP contribution >= 0.6 is 0 Å². The Kier molecular flexibility index (Phi) is 2.35. The zero-order valence-corrected chi connectivity index (χ0v) is 8.51. The molecule has 0 aliphatic rings. The smallest absolute Gasteiger partial charge is 0.0648 e. The summed E-state index contributed by atoms with van der Waals surface area (Å²) in [4.78, 5) is 0. The van der Waals surface area contributed by atoms with Gasteiger partial charge in [-0.15, -0.1) is 0 Å². The Labute approximate surface area is 84.2 Å². The van der Waals surface area contributed by atoms with Crippen LogP contribution in [0.1, 0.15) is 25.3 Å². The van der Waals surface area contributed by atoms with Gasteiger partial charge in [-0.1, -0.05) is 26.0 Å². The molecule has 0 atom stereocenters. The van der Waals surface area contributed by atoms with Crippen LogP contribution in [0.3, 0.4) is 0 Å². The highest BCUT2D eigenvalue weighted by Crippen LogP contribution is 2.17. The van der Waals surface area contributed by atoms with E-state index in [0.29, 0.717) is 5.92 Å². The first-order chi connectivity index (χ1) is 6.77. The lowest BCUT2D eigenvalue weighted by molar-refractivity contribution is 0.845. The van der Waals surface area contributed by atoms with Gasteiger partial charge in [-0.2, -0.15) is 5.10 Å². The molecule has 0 aliphatic carbocycles. The van der Waals surface area contributed by atoms with Gasteiger partial charge in [-0.05, 0) is 29.7 Å². The summed E-state index contributed by atoms with van der Waals surface area (Å²) in [7, 11) is 0. The number of aromatic nitrogens is 2. The van der Waals surface area contributed by atoms with E-state index in [1.165, 1.54) is 5.56 Å². The molecule has 0 amide bonds. The van der Waals surface area contributed by atoms with Gasteiger partial charge in [0.2, 0.25) is 0 Å². The van der Waals surface area contributed by atoms with Crippen molar-refractivity contribution in [2.75, 3.05) is 0 Å². The minimum Gasteiger partial charge on any atom is -0.241 e. The van der Waals surface area contributed by atoms with E-state index in [4.69, 9.17) is 0 Å². The van der Waals surface area contributed by atoms with E-state index in [-0.39, 0.29) is 0 Å². The maximum absolute atomic E-state index is 4.20. The molecular formula is C12H14N2. The molecule has 0 saturated carbocycles. The molecule has 14 heavy (non-hydrogen) atoms. The van der Waals surface area contributed by atoms with Crippen molar-refractivity contribution < 1.29 is 0 Å². The fourth-order valence-electron chi connectivity index (χ4n) is 1.45. The van der Waals surface area contributed by atoms with E-state index in [1.54, 1.807) is 6.20 Å². The van der Waals surface area contributed by atoms with Gasteiger partial charge in [0.15, 0.2) is 0 Å². The van der Waals surface area contributed by atoms with Crippen LogP contribution in [-0.2, 0) is 0 Å². The summed E-state index contributed by atoms with van der Waals surface area (Å²) in [6, 6.07) is 10.4. The highest BCUT2D eigenvalue weighted by molar-refractivity contribution is 5.36. The van der Waals surface area contributed by atoms with E-state index in [1.807, 2.05) is 16.9 Å². The van der Waals surface area contributed by atoms with Crippen molar-refractivity contribution in [3.8, 4) is 5.69 Å². The average Bonchev–Trinajstić information content (AvgIpc) is 2.71. The maximum Gasteiger partial charge on any atom is 0.0648 e. The molecule has 0 N–H and O–H groups in total. The van der Waals surface area contributed by atoms with Crippen molar-refractivity contribution in [3.63, 3.8) is 0 Å². The van der Waals surface area contributed by atoms with Gasteiger partial charge in [0.25, 0.3) is 0 Å². The molecule has 2 rings (SSSR count). The zero-order chi connectivity index (χ0) is 9.97. The van der Waals surface area contributed by atoms with Gasteiger partial charge >= 0.3 is 0 Å². The van der Waals surface area contributed by atoms with Gasteiger partial charge in [-0.3, -0.25) is 0 Å². The van der Waals surface area contributed by atoms with Crippen molar-refractivity contribution in [2.45, 2.75) is 19.8 Å². The lowest BCUT2D eigenvalue weighted by Crippen LogP contribution is -1.96. The SMILES string of the molecule is CC(C)c1cccc(-n2cccn2)c1. The van der Waals surface area contributed by atoms with Crippen molar-refractivity contribution in [1.82, 2.24) is 9.78 Å². The largest absolute Gasteiger partial charge is 0.241 e. The van der Waals surface area contributed by atoms with E-state index in [2.05, 4.69) is 43.2 Å². The van der Waals surface area contributed by atoms with Crippen molar-refractivity contribution in [3.05, 3.63) is 48.3 Å². The summed E-state index contributed by atoms with van der Waals surface area (Å²) in [5, 5.41) is 4.20. The number of hydrogen-bond acceptors (Lipinski definition) is 1. The first-order valence-corrected chi connectivity index (χ1v) is 4.87. The lowest BCUT2D eigenvalue weighted by atomic mass is 10.0. The minimum absolute atomic E-state index is 0.561. The van der Waals surface area contributed by atoms with Gasteiger partial charge in [0, 0.05) is 12.4 Å². The molecule has 2 heteroatoms. The summed E-state index contributed by atoms with van der Waals surface area (Å²) in [6.45, 7) is 4.39. The molecule has 0 saturated heterocycles. The van der Waals surface area contributed by atoms with Gasteiger partial charge in [0.05, 0.1) is 5.69 Å². The topological polar surface area (TPSA) is 17.8 Å². The number of benzene rings is 1. The van der Waals surface area contributed by atoms with E-state index in [0.717, 1.165) is 5.69 Å². The Bertz CT molecular complexity index is 402. The maximum atomic E-state index is 4.20. The number of hydrogen-bond donors (Lipinski definition) is 0. The predicted molar refractivity (Wildman–Crippen MR) is 57.7 cm³/mol. The Morgan fingerprint density at radius 2 is 2.07 bits per heavy atom. The van der Waals surface area contributed by atoms with Crippen LogP contribution < -0.4 is 0 Å². The van der Waals surface area contributed by atoms with E-state index in [9.17, 15) is 0 Å². The Balaban J connectivity index is 2.41. The highest BCUT2D eigenvalue weighted by Gasteiger charge is 2.01. The summed E-state index contributed by atoms with van der Waals surface area (Å²) < 4.78 is 1.88. The monoisotopic (exact) mass is 186 g/mol. The molecule has 2 aromatic rings. The number of nitrogens with zero attached hydrogens (tertiary/aromatic N) is 2. The Morgan fingerprint density at radius 1 is 1.21 bits per heavy atom. The molecule has 0 aliphatic heterocycles. The first-order valence-electron chi connectivity index (χ1n) is 4.87. The van der Waals surface area contributed by atoms with Crippen LogP contribution in [-0.4, -0.2) is 9.78 Å². The summed E-state index contributed by atoms with van der Waals surface area (Å²) >= 11 is 0. The fraction of sp³-hybridized carbons (Fsp3) is 0.250. The molecule has 72 valence electrons. The third-order valence-corrected chi connectivity index (χ3v) is 2.31. The van der Waals surface area contributed by atoms with Crippen molar-refractivity contribution in [1.29, 1.82) is 0 Å². The average molecular weight is 186 g/mol. The molecule has 0 unspecified atom stereocenters. The van der Waals surface area contributed by atoms with Crippen LogP contribution in [0.4, 0.5) is 0 Å². The lowest BCUT2D eigenvalue weighted by Gasteiger charge is -2.07. The molecule has 1 heterocycles. The van der Waals surface area contributed by atoms with E-state index >= 15 is 0 Å². The standard InChI is InChI=1S/C12H14N2/c1-10(2)11-5-3-6-12(9-11)14-8-4-7-13-14/h3-10H,1-2H3. The van der Waals surface area contributed by atoms with Crippen LogP contribution in [0.25, 0.3) is 5.69 Å². The second kappa shape index (κ2) is 3.66. The summed E-state index contributed by atoms with van der Waals surface area (Å²) in [5.74, 6) is 0.561. The molecule has 0 bridgehead atoms. The fourth-order valence-corrected chi connectivity index (χ4v) is 1.45. The first kappa shape index (κ1) is 9.00. The predicted octanol–water partition coefficient (Wildman–Crippen LogP) is 3.00. The Hall–Kier alpha value is -1.57. The second-order valence-electron chi connectivity index (χ2n) is 3.70. The van der Waals surface area contributed by atoms with Crippen molar-refractivity contribution >= 4 is 0 Å². The van der Waals surface area contributed by atoms with Crippen molar-refractivity contribution in [2.24, 2.45) is 0 Å². The molecule has 1 aromatic heterocycles. The molecule has 1 aromatic carbocycles. The number of rotatable bonds is 2. The van der Waals surface area contributed by atoms with Gasteiger partial charge in [0.1, 0.15) is 0 Å². The molecule has 2 nitrogen and oxygen atoms in total. The van der Waals surface area contributed by atoms with Crippen LogP contribution in [0.15, 0.2) is 42.7 Å². The molecule has 0 radical (unpaired) electrons. The minimum atomic E-state index is 0.561. The van der Waals surface area contributed by atoms with E-state index < -0.39 is 0 Å². The van der Waals surface area contributed by atoms with Gasteiger partial charge < -0.3 is 0 Å². The van der Waals surface area contributed by atoms with Crippen LogP contribution in [0, 0.1) is 0 Å². The normalized spacial score (nSPS) is 10.8. The zero-order valence-electron chi connectivity index (χ0n) is 8.51. The third-order valence-electron chi connectivity index (χ3n) is 2.31. The highest BCUT2D eigenvalue weighted by atomic mass is 15.3. The Morgan fingerprint density at radius 3 is 2.71 bits per heavy atom.